The minimum atomic E-state index is -0.293. The summed E-state index contributed by atoms with van der Waals surface area (Å²) < 4.78 is 0. The summed E-state index contributed by atoms with van der Waals surface area (Å²) in [6, 6.07) is 6.76. The zero-order chi connectivity index (χ0) is 18.1. The zero-order valence-corrected chi connectivity index (χ0v) is 15.9. The van der Waals surface area contributed by atoms with Crippen LogP contribution >= 0.6 is 12.4 Å². The first-order valence-corrected chi connectivity index (χ1v) is 8.83. The number of halogens is 1. The van der Waals surface area contributed by atoms with Crippen LogP contribution in [0.4, 0.5) is 16.2 Å². The predicted octanol–water partition coefficient (Wildman–Crippen LogP) is 3.65. The van der Waals surface area contributed by atoms with Gasteiger partial charge in [0.05, 0.1) is 0 Å². The maximum Gasteiger partial charge on any atom is 0.319 e. The molecule has 6 nitrogen and oxygen atoms in total. The van der Waals surface area contributed by atoms with Crippen LogP contribution in [0.2, 0.25) is 0 Å². The highest BCUT2D eigenvalue weighted by molar-refractivity contribution is 5.92. The molecule has 1 aromatic carbocycles. The van der Waals surface area contributed by atoms with Crippen LogP contribution in [0.25, 0.3) is 0 Å². The van der Waals surface area contributed by atoms with Gasteiger partial charge in [0.15, 0.2) is 0 Å². The molecule has 1 aliphatic carbocycles. The van der Waals surface area contributed by atoms with Gasteiger partial charge in [-0.05, 0) is 49.1 Å². The third kappa shape index (κ3) is 6.69. The maximum absolute atomic E-state index is 12.4. The minimum absolute atomic E-state index is 0. The average Bonchev–Trinajstić information content (AvgIpc) is 2.62. The predicted molar refractivity (Wildman–Crippen MR) is 109 cm³/mol. The van der Waals surface area contributed by atoms with Crippen molar-refractivity contribution >= 4 is 35.7 Å². The number of benzene rings is 1. The molecule has 2 rings (SSSR count). The minimum Gasteiger partial charge on any atom is -0.334 e. The van der Waals surface area contributed by atoms with Crippen LogP contribution in [-0.2, 0) is 4.79 Å². The van der Waals surface area contributed by atoms with E-state index in [4.69, 9.17) is 5.73 Å². The molecule has 0 heterocycles. The molecular weight excluding hydrogens is 352 g/mol. The summed E-state index contributed by atoms with van der Waals surface area (Å²) in [5.41, 5.74) is 7.27. The standard InChI is InChI=1S/C19H28N4O2.ClH/c1-2-12-21-18(25)23-16-8-6-15(7-9-16)22-17(24)13-19(14-20)10-4-3-5-11-19;/h2,6-9H,1,3-5,10-14,20H2,(H,22,24)(H2,21,23,25);1H. The summed E-state index contributed by atoms with van der Waals surface area (Å²) in [5.74, 6) is -0.00298. The Balaban J connectivity index is 0.00000338. The normalized spacial score (nSPS) is 15.3. The molecule has 0 aromatic heterocycles. The fraction of sp³-hybridized carbons (Fsp3) is 0.474. The summed E-state index contributed by atoms with van der Waals surface area (Å²) in [4.78, 5) is 23.9. The molecule has 0 radical (unpaired) electrons. The van der Waals surface area contributed by atoms with Crippen molar-refractivity contribution < 1.29 is 9.59 Å². The molecule has 0 aliphatic heterocycles. The Kier molecular flexibility index (Phi) is 9.16. The van der Waals surface area contributed by atoms with Gasteiger partial charge in [-0.1, -0.05) is 25.3 Å². The number of carbonyl (C=O) groups is 2. The van der Waals surface area contributed by atoms with E-state index in [1.165, 1.54) is 6.42 Å². The maximum atomic E-state index is 12.4. The second kappa shape index (κ2) is 10.8. The first-order valence-electron chi connectivity index (χ1n) is 8.83. The van der Waals surface area contributed by atoms with Gasteiger partial charge in [0.1, 0.15) is 0 Å². The van der Waals surface area contributed by atoms with E-state index in [1.807, 2.05) is 0 Å². The van der Waals surface area contributed by atoms with Crippen molar-refractivity contribution in [3.05, 3.63) is 36.9 Å². The van der Waals surface area contributed by atoms with Gasteiger partial charge in [0.25, 0.3) is 0 Å². The lowest BCUT2D eigenvalue weighted by atomic mass is 9.71. The Hall–Kier alpha value is -2.05. The van der Waals surface area contributed by atoms with Gasteiger partial charge >= 0.3 is 6.03 Å². The third-order valence-corrected chi connectivity index (χ3v) is 4.72. The van der Waals surface area contributed by atoms with E-state index >= 15 is 0 Å². The lowest BCUT2D eigenvalue weighted by Gasteiger charge is -2.35. The van der Waals surface area contributed by atoms with Crippen LogP contribution in [0, 0.1) is 5.41 Å². The monoisotopic (exact) mass is 380 g/mol. The Morgan fingerprint density at radius 2 is 1.65 bits per heavy atom. The van der Waals surface area contributed by atoms with Crippen molar-refractivity contribution in [3.63, 3.8) is 0 Å². The molecule has 0 bridgehead atoms. The molecule has 1 fully saturated rings. The fourth-order valence-electron chi connectivity index (χ4n) is 3.28. The van der Waals surface area contributed by atoms with E-state index in [0.29, 0.717) is 30.9 Å². The SMILES string of the molecule is C=CCNC(=O)Nc1ccc(NC(=O)CC2(CN)CCCCC2)cc1.Cl. The van der Waals surface area contributed by atoms with Gasteiger partial charge in [0.2, 0.25) is 5.91 Å². The second-order valence-corrected chi connectivity index (χ2v) is 6.69. The lowest BCUT2D eigenvalue weighted by molar-refractivity contribution is -0.118. The summed E-state index contributed by atoms with van der Waals surface area (Å²) in [7, 11) is 0. The molecule has 0 atom stereocenters. The number of nitrogens with one attached hydrogen (secondary N) is 3. The molecular formula is C19H29ClN4O2. The highest BCUT2D eigenvalue weighted by Crippen LogP contribution is 2.38. The summed E-state index contributed by atoms with van der Waals surface area (Å²) in [5, 5.41) is 8.27. The van der Waals surface area contributed by atoms with Gasteiger partial charge in [0, 0.05) is 24.3 Å². The van der Waals surface area contributed by atoms with E-state index in [9.17, 15) is 9.59 Å². The Morgan fingerprint density at radius 1 is 1.08 bits per heavy atom. The van der Waals surface area contributed by atoms with Crippen LogP contribution in [0.3, 0.4) is 0 Å². The van der Waals surface area contributed by atoms with Crippen molar-refractivity contribution in [1.29, 1.82) is 0 Å². The Labute approximate surface area is 161 Å². The van der Waals surface area contributed by atoms with Crippen LogP contribution < -0.4 is 21.7 Å². The highest BCUT2D eigenvalue weighted by atomic mass is 35.5. The van der Waals surface area contributed by atoms with Gasteiger partial charge in [-0.3, -0.25) is 4.79 Å². The van der Waals surface area contributed by atoms with Gasteiger partial charge in [-0.15, -0.1) is 19.0 Å². The third-order valence-electron chi connectivity index (χ3n) is 4.72. The second-order valence-electron chi connectivity index (χ2n) is 6.69. The number of anilines is 2. The topological polar surface area (TPSA) is 96.2 Å². The Bertz CT molecular complexity index is 598. The average molecular weight is 381 g/mol. The van der Waals surface area contributed by atoms with E-state index in [1.54, 1.807) is 30.3 Å². The number of hydrogen-bond acceptors (Lipinski definition) is 3. The quantitative estimate of drug-likeness (QED) is 0.543. The van der Waals surface area contributed by atoms with Crippen LogP contribution in [0.1, 0.15) is 38.5 Å². The van der Waals surface area contributed by atoms with Crippen molar-refractivity contribution in [2.45, 2.75) is 38.5 Å². The molecule has 0 spiro atoms. The molecule has 7 heteroatoms. The number of hydrogen-bond donors (Lipinski definition) is 4. The molecule has 144 valence electrons. The highest BCUT2D eigenvalue weighted by Gasteiger charge is 2.32. The number of urea groups is 1. The number of nitrogens with two attached hydrogens (primary N) is 1. The number of rotatable bonds is 7. The number of carbonyl (C=O) groups excluding carboxylic acids is 2. The van der Waals surface area contributed by atoms with E-state index < -0.39 is 0 Å². The van der Waals surface area contributed by atoms with E-state index in [2.05, 4.69) is 22.5 Å². The van der Waals surface area contributed by atoms with Crippen LogP contribution in [-0.4, -0.2) is 25.0 Å². The van der Waals surface area contributed by atoms with E-state index in [0.717, 1.165) is 25.7 Å². The largest absolute Gasteiger partial charge is 0.334 e. The summed E-state index contributed by atoms with van der Waals surface area (Å²) >= 11 is 0. The molecule has 0 unspecified atom stereocenters. The fourth-order valence-corrected chi connectivity index (χ4v) is 3.28. The van der Waals surface area contributed by atoms with Crippen LogP contribution in [0.15, 0.2) is 36.9 Å². The molecule has 26 heavy (non-hydrogen) atoms. The zero-order valence-electron chi connectivity index (χ0n) is 15.1. The van der Waals surface area contributed by atoms with Crippen molar-refractivity contribution in [2.75, 3.05) is 23.7 Å². The molecule has 3 amide bonds. The first kappa shape index (κ1) is 22.0. The molecule has 0 saturated heterocycles. The van der Waals surface area contributed by atoms with Gasteiger partial charge < -0.3 is 21.7 Å². The first-order chi connectivity index (χ1) is 12.1. The number of amides is 3. The smallest absolute Gasteiger partial charge is 0.319 e. The Morgan fingerprint density at radius 3 is 2.19 bits per heavy atom. The molecule has 1 saturated carbocycles. The summed E-state index contributed by atoms with van der Waals surface area (Å²) in [6.07, 6.45) is 7.67. The van der Waals surface area contributed by atoms with Crippen LogP contribution in [0.5, 0.6) is 0 Å². The van der Waals surface area contributed by atoms with Gasteiger partial charge in [-0.2, -0.15) is 0 Å². The van der Waals surface area contributed by atoms with Crippen molar-refractivity contribution in [3.8, 4) is 0 Å². The van der Waals surface area contributed by atoms with Gasteiger partial charge in [-0.25, -0.2) is 4.79 Å². The van der Waals surface area contributed by atoms with Crippen molar-refractivity contribution in [1.82, 2.24) is 5.32 Å². The lowest BCUT2D eigenvalue weighted by Crippen LogP contribution is -2.36. The summed E-state index contributed by atoms with van der Waals surface area (Å²) in [6.45, 7) is 4.51. The molecule has 5 N–H and O–H groups in total. The van der Waals surface area contributed by atoms with Crippen molar-refractivity contribution in [2.24, 2.45) is 11.1 Å². The molecule has 1 aromatic rings. The van der Waals surface area contributed by atoms with E-state index in [-0.39, 0.29) is 29.8 Å². The molecule has 1 aliphatic rings.